The molecule has 0 fully saturated rings. The fourth-order valence-corrected chi connectivity index (χ4v) is 3.22. The summed E-state index contributed by atoms with van der Waals surface area (Å²) >= 11 is 0. The Bertz CT molecular complexity index is 1090. The van der Waals surface area contributed by atoms with Gasteiger partial charge in [-0.3, -0.25) is 0 Å². The minimum absolute atomic E-state index is 0.163. The van der Waals surface area contributed by atoms with Gasteiger partial charge in [-0.1, -0.05) is 36.4 Å². The lowest BCUT2D eigenvalue weighted by atomic mass is 9.99. The fourth-order valence-electron chi connectivity index (χ4n) is 3.22. The van der Waals surface area contributed by atoms with E-state index in [4.69, 9.17) is 0 Å². The third-order valence-electron chi connectivity index (χ3n) is 4.40. The van der Waals surface area contributed by atoms with Crippen LogP contribution >= 0.6 is 0 Å². The summed E-state index contributed by atoms with van der Waals surface area (Å²) in [6.45, 7) is 0.295. The smallest absolute Gasteiger partial charge is 0.336 e. The molecule has 6 nitrogen and oxygen atoms in total. The van der Waals surface area contributed by atoms with Crippen LogP contribution in [0, 0.1) is 0 Å². The van der Waals surface area contributed by atoms with Gasteiger partial charge < -0.3 is 15.1 Å². The number of hydrogen-bond donors (Lipinski definition) is 2. The number of hydrogen-bond acceptors (Lipinski definition) is 4. The number of carboxylic acids is 2. The van der Waals surface area contributed by atoms with E-state index in [2.05, 4.69) is 4.98 Å². The number of nitrogens with zero attached hydrogens (tertiary/aromatic N) is 2. The van der Waals surface area contributed by atoms with Crippen molar-refractivity contribution in [3.8, 4) is 0 Å². The largest absolute Gasteiger partial charge is 0.478 e. The zero-order valence-electron chi connectivity index (χ0n) is 13.6. The highest BCUT2D eigenvalue weighted by molar-refractivity contribution is 6.18. The molecule has 0 unspecified atom stereocenters. The van der Waals surface area contributed by atoms with Gasteiger partial charge in [0.25, 0.3) is 0 Å². The molecule has 1 aromatic heterocycles. The standard InChI is InChI=1S/C20H14N2O4/c23-19(24)14-9-10-22(17-8-4-2-6-13(14)17)18-11-15(20(25)26)12-5-1-3-7-16(12)21-18/h1-9,11H,10H2,(H,23,24)(H,25,26). The fraction of sp³-hybridized carbons (Fsp3) is 0.0500. The molecule has 0 spiro atoms. The van der Waals surface area contributed by atoms with Crippen LogP contribution in [0.15, 0.2) is 60.7 Å². The van der Waals surface area contributed by atoms with Crippen LogP contribution in [0.5, 0.6) is 0 Å². The van der Waals surface area contributed by atoms with E-state index >= 15 is 0 Å². The summed E-state index contributed by atoms with van der Waals surface area (Å²) in [6, 6.07) is 15.7. The molecular formula is C20H14N2O4. The summed E-state index contributed by atoms with van der Waals surface area (Å²) < 4.78 is 0. The van der Waals surface area contributed by atoms with Gasteiger partial charge in [0.15, 0.2) is 0 Å². The predicted molar refractivity (Wildman–Crippen MR) is 97.8 cm³/mol. The maximum Gasteiger partial charge on any atom is 0.336 e. The van der Waals surface area contributed by atoms with E-state index in [1.165, 1.54) is 6.07 Å². The molecule has 2 aromatic carbocycles. The third kappa shape index (κ3) is 2.48. The van der Waals surface area contributed by atoms with Gasteiger partial charge in [0.05, 0.1) is 22.3 Å². The maximum atomic E-state index is 11.7. The molecule has 0 amide bonds. The molecule has 1 aliphatic heterocycles. The predicted octanol–water partition coefficient (Wildman–Crippen LogP) is 3.55. The Morgan fingerprint density at radius 1 is 0.962 bits per heavy atom. The Labute approximate surface area is 148 Å². The van der Waals surface area contributed by atoms with Crippen molar-refractivity contribution in [2.75, 3.05) is 11.4 Å². The molecule has 2 heterocycles. The molecule has 26 heavy (non-hydrogen) atoms. The topological polar surface area (TPSA) is 90.7 Å². The van der Waals surface area contributed by atoms with Gasteiger partial charge in [-0.25, -0.2) is 14.6 Å². The van der Waals surface area contributed by atoms with Crippen LogP contribution in [0.4, 0.5) is 11.5 Å². The van der Waals surface area contributed by atoms with Crippen LogP contribution in [0.3, 0.4) is 0 Å². The van der Waals surface area contributed by atoms with Gasteiger partial charge in [0, 0.05) is 17.5 Å². The van der Waals surface area contributed by atoms with Crippen LogP contribution in [-0.2, 0) is 4.79 Å². The summed E-state index contributed by atoms with van der Waals surface area (Å²) in [5.41, 5.74) is 2.24. The number of benzene rings is 2. The number of para-hydroxylation sites is 2. The lowest BCUT2D eigenvalue weighted by molar-refractivity contribution is -0.130. The van der Waals surface area contributed by atoms with Crippen LogP contribution in [0.2, 0.25) is 0 Å². The van der Waals surface area contributed by atoms with Crippen molar-refractivity contribution in [3.63, 3.8) is 0 Å². The summed E-state index contributed by atoms with van der Waals surface area (Å²) in [4.78, 5) is 29.6. The van der Waals surface area contributed by atoms with E-state index in [9.17, 15) is 19.8 Å². The van der Waals surface area contributed by atoms with Gasteiger partial charge in [0.1, 0.15) is 5.82 Å². The first-order valence-corrected chi connectivity index (χ1v) is 8.00. The molecule has 0 atom stereocenters. The highest BCUT2D eigenvalue weighted by Gasteiger charge is 2.25. The van der Waals surface area contributed by atoms with E-state index in [-0.39, 0.29) is 11.1 Å². The first-order valence-electron chi connectivity index (χ1n) is 8.00. The highest BCUT2D eigenvalue weighted by atomic mass is 16.4. The number of carboxylic acid groups (broad SMARTS) is 2. The molecule has 0 saturated heterocycles. The number of aromatic carboxylic acids is 1. The number of anilines is 2. The molecule has 4 rings (SSSR count). The molecule has 1 aliphatic rings. The van der Waals surface area contributed by atoms with Crippen molar-refractivity contribution < 1.29 is 19.8 Å². The Morgan fingerprint density at radius 2 is 1.69 bits per heavy atom. The Kier molecular flexibility index (Phi) is 3.65. The van der Waals surface area contributed by atoms with Crippen molar-refractivity contribution in [3.05, 3.63) is 71.8 Å². The van der Waals surface area contributed by atoms with Crippen LogP contribution in [0.1, 0.15) is 15.9 Å². The van der Waals surface area contributed by atoms with E-state index < -0.39 is 11.9 Å². The molecule has 0 radical (unpaired) electrons. The number of fused-ring (bicyclic) bond motifs is 2. The number of aliphatic carboxylic acids is 1. The van der Waals surface area contributed by atoms with Crippen molar-refractivity contribution in [1.29, 1.82) is 0 Å². The lowest BCUT2D eigenvalue weighted by Crippen LogP contribution is -2.24. The first-order chi connectivity index (χ1) is 12.6. The SMILES string of the molecule is O=C(O)C1=CCN(c2cc(C(=O)O)c3ccccc3n2)c2ccccc21. The normalized spacial score (nSPS) is 13.2. The molecule has 3 aromatic rings. The lowest BCUT2D eigenvalue weighted by Gasteiger charge is -2.29. The Hall–Kier alpha value is -3.67. The second-order valence-electron chi connectivity index (χ2n) is 5.90. The van der Waals surface area contributed by atoms with E-state index in [1.807, 2.05) is 17.0 Å². The summed E-state index contributed by atoms with van der Waals surface area (Å²) in [5, 5.41) is 19.6. The van der Waals surface area contributed by atoms with E-state index in [0.29, 0.717) is 34.5 Å². The van der Waals surface area contributed by atoms with Crippen molar-refractivity contribution in [2.45, 2.75) is 0 Å². The minimum Gasteiger partial charge on any atom is -0.478 e. The van der Waals surface area contributed by atoms with Crippen LogP contribution in [-0.4, -0.2) is 33.7 Å². The minimum atomic E-state index is -1.03. The average molecular weight is 346 g/mol. The number of carbonyl (C=O) groups is 2. The van der Waals surface area contributed by atoms with E-state index in [0.717, 1.165) is 0 Å². The van der Waals surface area contributed by atoms with Gasteiger partial charge in [0.2, 0.25) is 0 Å². The first kappa shape index (κ1) is 15.8. The Morgan fingerprint density at radius 3 is 2.46 bits per heavy atom. The molecule has 128 valence electrons. The highest BCUT2D eigenvalue weighted by Crippen LogP contribution is 2.36. The monoisotopic (exact) mass is 346 g/mol. The summed E-state index contributed by atoms with van der Waals surface area (Å²) in [6.07, 6.45) is 1.61. The quantitative estimate of drug-likeness (QED) is 0.754. The van der Waals surface area contributed by atoms with Crippen LogP contribution in [0.25, 0.3) is 16.5 Å². The van der Waals surface area contributed by atoms with Gasteiger partial charge in [-0.2, -0.15) is 0 Å². The zero-order chi connectivity index (χ0) is 18.3. The average Bonchev–Trinajstić information content (AvgIpc) is 2.66. The second kappa shape index (κ2) is 6.00. The van der Waals surface area contributed by atoms with Gasteiger partial charge in [-0.05, 0) is 24.3 Å². The van der Waals surface area contributed by atoms with Crippen LogP contribution < -0.4 is 4.90 Å². The number of rotatable bonds is 3. The number of pyridine rings is 1. The molecule has 2 N–H and O–H groups in total. The van der Waals surface area contributed by atoms with Crippen molar-refractivity contribution in [1.82, 2.24) is 4.98 Å². The zero-order valence-corrected chi connectivity index (χ0v) is 13.6. The maximum absolute atomic E-state index is 11.7. The summed E-state index contributed by atoms with van der Waals surface area (Å²) in [5.74, 6) is -1.55. The molecular weight excluding hydrogens is 332 g/mol. The molecule has 0 bridgehead atoms. The number of aromatic nitrogens is 1. The second-order valence-corrected chi connectivity index (χ2v) is 5.90. The summed E-state index contributed by atoms with van der Waals surface area (Å²) in [7, 11) is 0. The molecule has 0 saturated carbocycles. The molecule has 6 heteroatoms. The molecule has 0 aliphatic carbocycles. The third-order valence-corrected chi connectivity index (χ3v) is 4.40. The van der Waals surface area contributed by atoms with Gasteiger partial charge in [-0.15, -0.1) is 0 Å². The Balaban J connectivity index is 1.92. The van der Waals surface area contributed by atoms with Crippen molar-refractivity contribution in [2.24, 2.45) is 0 Å². The van der Waals surface area contributed by atoms with Crippen molar-refractivity contribution >= 4 is 39.9 Å². The van der Waals surface area contributed by atoms with Gasteiger partial charge >= 0.3 is 11.9 Å². The van der Waals surface area contributed by atoms with E-state index in [1.54, 1.807) is 42.5 Å².